The Morgan fingerprint density at radius 2 is 1.89 bits per heavy atom. The molecule has 4 aromatic rings. The van der Waals surface area contributed by atoms with Gasteiger partial charge in [-0.25, -0.2) is 4.39 Å². The minimum Gasteiger partial charge on any atom is -0.350 e. The van der Waals surface area contributed by atoms with Gasteiger partial charge in [0.2, 0.25) is 5.91 Å². The molecule has 2 heterocycles. The molecule has 5 heteroatoms. The number of nitrogens with zero attached hydrogens (tertiary/aromatic N) is 1. The van der Waals surface area contributed by atoms with Crippen molar-refractivity contribution in [3.05, 3.63) is 88.5 Å². The SMILES string of the molecule is Cn1cc(C(CC(=O)Nc2ccccc2F)c2cccs2)c2ccccc21. The van der Waals surface area contributed by atoms with Gasteiger partial charge in [0.25, 0.3) is 0 Å². The molecule has 1 atom stereocenters. The van der Waals surface area contributed by atoms with Crippen molar-refractivity contribution in [1.29, 1.82) is 0 Å². The van der Waals surface area contributed by atoms with Gasteiger partial charge in [0, 0.05) is 41.4 Å². The first-order valence-corrected chi connectivity index (χ1v) is 9.63. The molecule has 0 aliphatic rings. The molecule has 3 nitrogen and oxygen atoms in total. The molecule has 136 valence electrons. The zero-order chi connectivity index (χ0) is 18.8. The second-order valence-electron chi connectivity index (χ2n) is 6.51. The van der Waals surface area contributed by atoms with Crippen LogP contribution in [0, 0.1) is 5.82 Å². The first-order chi connectivity index (χ1) is 13.1. The number of anilines is 1. The smallest absolute Gasteiger partial charge is 0.225 e. The van der Waals surface area contributed by atoms with E-state index in [2.05, 4.69) is 28.2 Å². The van der Waals surface area contributed by atoms with Gasteiger partial charge in [0.05, 0.1) is 5.69 Å². The Morgan fingerprint density at radius 3 is 2.67 bits per heavy atom. The van der Waals surface area contributed by atoms with E-state index in [0.29, 0.717) is 0 Å². The molecule has 0 saturated heterocycles. The fraction of sp³-hybridized carbons (Fsp3) is 0.136. The number of hydrogen-bond donors (Lipinski definition) is 1. The van der Waals surface area contributed by atoms with Crippen LogP contribution >= 0.6 is 11.3 Å². The molecule has 0 bridgehead atoms. The number of fused-ring (bicyclic) bond motifs is 1. The third-order valence-electron chi connectivity index (χ3n) is 4.73. The van der Waals surface area contributed by atoms with Crippen LogP contribution in [0.3, 0.4) is 0 Å². The first-order valence-electron chi connectivity index (χ1n) is 8.75. The predicted octanol–water partition coefficient (Wildman–Crippen LogP) is 5.54. The summed E-state index contributed by atoms with van der Waals surface area (Å²) >= 11 is 1.63. The van der Waals surface area contributed by atoms with Crippen LogP contribution in [-0.4, -0.2) is 10.5 Å². The van der Waals surface area contributed by atoms with Crippen molar-refractivity contribution in [2.75, 3.05) is 5.32 Å². The normalized spacial score (nSPS) is 12.2. The van der Waals surface area contributed by atoms with Crippen LogP contribution in [0.4, 0.5) is 10.1 Å². The molecule has 1 amide bonds. The molecule has 0 saturated carbocycles. The van der Waals surface area contributed by atoms with Gasteiger partial charge in [-0.3, -0.25) is 4.79 Å². The third-order valence-corrected chi connectivity index (χ3v) is 5.71. The van der Waals surface area contributed by atoms with Crippen molar-refractivity contribution >= 4 is 33.8 Å². The Balaban J connectivity index is 1.68. The fourth-order valence-electron chi connectivity index (χ4n) is 3.45. The van der Waals surface area contributed by atoms with Gasteiger partial charge in [-0.1, -0.05) is 36.4 Å². The summed E-state index contributed by atoms with van der Waals surface area (Å²) in [5.74, 6) is -0.710. The molecule has 0 aliphatic heterocycles. The molecule has 2 aromatic heterocycles. The summed E-state index contributed by atoms with van der Waals surface area (Å²) in [6.45, 7) is 0. The van der Waals surface area contributed by atoms with E-state index in [9.17, 15) is 9.18 Å². The largest absolute Gasteiger partial charge is 0.350 e. The maximum Gasteiger partial charge on any atom is 0.225 e. The lowest BCUT2D eigenvalue weighted by atomic mass is 9.93. The maximum atomic E-state index is 13.9. The van der Waals surface area contributed by atoms with Crippen molar-refractivity contribution in [2.24, 2.45) is 7.05 Å². The average Bonchev–Trinajstić information content (AvgIpc) is 3.31. The lowest BCUT2D eigenvalue weighted by Crippen LogP contribution is -2.16. The Kier molecular flexibility index (Phi) is 4.77. The summed E-state index contributed by atoms with van der Waals surface area (Å²) in [5.41, 5.74) is 2.45. The maximum absolute atomic E-state index is 13.9. The number of aromatic nitrogens is 1. The molecule has 2 aromatic carbocycles. The summed E-state index contributed by atoms with van der Waals surface area (Å²) in [7, 11) is 2.01. The second kappa shape index (κ2) is 7.37. The van der Waals surface area contributed by atoms with Crippen LogP contribution in [0.1, 0.15) is 22.8 Å². The predicted molar refractivity (Wildman–Crippen MR) is 109 cm³/mol. The van der Waals surface area contributed by atoms with Crippen molar-refractivity contribution in [3.63, 3.8) is 0 Å². The molecule has 27 heavy (non-hydrogen) atoms. The number of aryl methyl sites for hydroxylation is 1. The van der Waals surface area contributed by atoms with Gasteiger partial charge >= 0.3 is 0 Å². The number of thiophene rings is 1. The van der Waals surface area contributed by atoms with Gasteiger partial charge in [0.15, 0.2) is 0 Å². The highest BCUT2D eigenvalue weighted by molar-refractivity contribution is 7.10. The Hall–Kier alpha value is -2.92. The molecular formula is C22H19FN2OS. The van der Waals surface area contributed by atoms with Crippen LogP contribution in [-0.2, 0) is 11.8 Å². The number of carbonyl (C=O) groups excluding carboxylic acids is 1. The van der Waals surface area contributed by atoms with Crippen molar-refractivity contribution in [2.45, 2.75) is 12.3 Å². The van der Waals surface area contributed by atoms with E-state index < -0.39 is 5.82 Å². The molecular weight excluding hydrogens is 359 g/mol. The number of halogens is 1. The van der Waals surface area contributed by atoms with Crippen LogP contribution in [0.2, 0.25) is 0 Å². The van der Waals surface area contributed by atoms with Crippen LogP contribution in [0.15, 0.2) is 72.2 Å². The van der Waals surface area contributed by atoms with Crippen molar-refractivity contribution in [1.82, 2.24) is 4.57 Å². The number of hydrogen-bond acceptors (Lipinski definition) is 2. The lowest BCUT2D eigenvalue weighted by Gasteiger charge is -2.15. The Morgan fingerprint density at radius 1 is 1.11 bits per heavy atom. The summed E-state index contributed by atoms with van der Waals surface area (Å²) < 4.78 is 16.0. The number of carbonyl (C=O) groups is 1. The summed E-state index contributed by atoms with van der Waals surface area (Å²) in [6.07, 6.45) is 2.34. The summed E-state index contributed by atoms with van der Waals surface area (Å²) in [4.78, 5) is 13.8. The van der Waals surface area contributed by atoms with Crippen LogP contribution < -0.4 is 5.32 Å². The number of benzene rings is 2. The van der Waals surface area contributed by atoms with Gasteiger partial charge in [-0.15, -0.1) is 11.3 Å². The third kappa shape index (κ3) is 3.51. The van der Waals surface area contributed by atoms with E-state index in [1.54, 1.807) is 29.5 Å². The van der Waals surface area contributed by atoms with Crippen LogP contribution in [0.25, 0.3) is 10.9 Å². The molecule has 4 rings (SSSR count). The standard InChI is InChI=1S/C22H19FN2OS/c1-25-14-17(15-7-2-5-10-20(15)25)16(21-11-6-12-27-21)13-22(26)24-19-9-4-3-8-18(19)23/h2-12,14,16H,13H2,1H3,(H,24,26). The highest BCUT2D eigenvalue weighted by Gasteiger charge is 2.23. The zero-order valence-electron chi connectivity index (χ0n) is 14.9. The summed E-state index contributed by atoms with van der Waals surface area (Å²) in [5, 5.41) is 5.86. The second-order valence-corrected chi connectivity index (χ2v) is 7.49. The van der Waals surface area contributed by atoms with E-state index in [1.807, 2.05) is 36.7 Å². The average molecular weight is 378 g/mol. The molecule has 0 radical (unpaired) electrons. The number of nitrogens with one attached hydrogen (secondary N) is 1. The number of rotatable bonds is 5. The van der Waals surface area contributed by atoms with Crippen molar-refractivity contribution in [3.8, 4) is 0 Å². The van der Waals surface area contributed by atoms with Gasteiger partial charge < -0.3 is 9.88 Å². The monoisotopic (exact) mass is 378 g/mol. The minimum atomic E-state index is -0.427. The van der Waals surface area contributed by atoms with E-state index in [4.69, 9.17) is 0 Å². The van der Waals surface area contributed by atoms with Gasteiger partial charge in [-0.2, -0.15) is 0 Å². The van der Waals surface area contributed by atoms with E-state index in [1.165, 1.54) is 6.07 Å². The lowest BCUT2D eigenvalue weighted by molar-refractivity contribution is -0.116. The van der Waals surface area contributed by atoms with Gasteiger partial charge in [0.1, 0.15) is 5.82 Å². The molecule has 1 N–H and O–H groups in total. The number of para-hydroxylation sites is 2. The van der Waals surface area contributed by atoms with E-state index >= 15 is 0 Å². The number of amides is 1. The first kappa shape index (κ1) is 17.5. The quantitative estimate of drug-likeness (QED) is 0.486. The van der Waals surface area contributed by atoms with Crippen molar-refractivity contribution < 1.29 is 9.18 Å². The fourth-order valence-corrected chi connectivity index (χ4v) is 4.30. The van der Waals surface area contributed by atoms with E-state index in [-0.39, 0.29) is 23.9 Å². The highest BCUT2D eigenvalue weighted by Crippen LogP contribution is 2.36. The zero-order valence-corrected chi connectivity index (χ0v) is 15.7. The Bertz CT molecular complexity index is 1080. The molecule has 0 fully saturated rings. The minimum absolute atomic E-state index is 0.0807. The van der Waals surface area contributed by atoms with Crippen LogP contribution in [0.5, 0.6) is 0 Å². The Labute approximate surface area is 161 Å². The van der Waals surface area contributed by atoms with Gasteiger partial charge in [-0.05, 0) is 35.2 Å². The van der Waals surface area contributed by atoms with E-state index in [0.717, 1.165) is 21.3 Å². The summed E-state index contributed by atoms with van der Waals surface area (Å²) in [6, 6.07) is 18.5. The molecule has 0 spiro atoms. The molecule has 1 unspecified atom stereocenters. The molecule has 0 aliphatic carbocycles. The topological polar surface area (TPSA) is 34.0 Å². The highest BCUT2D eigenvalue weighted by atomic mass is 32.1.